The Morgan fingerprint density at radius 1 is 1.25 bits per heavy atom. The Balaban J connectivity index is 1.63. The molecule has 0 spiro atoms. The van der Waals surface area contributed by atoms with Crippen molar-refractivity contribution in [3.63, 3.8) is 0 Å². The third kappa shape index (κ3) is 3.26. The van der Waals surface area contributed by atoms with Crippen molar-refractivity contribution in [2.75, 3.05) is 6.54 Å². The second kappa shape index (κ2) is 7.10. The maximum Gasteiger partial charge on any atom is 0.272 e. The van der Waals surface area contributed by atoms with Crippen molar-refractivity contribution in [1.82, 2.24) is 29.4 Å². The molecule has 0 aliphatic carbocycles. The number of fused-ring (bicyclic) bond motifs is 1. The van der Waals surface area contributed by atoms with E-state index >= 15 is 0 Å². The number of nitrogens with one attached hydrogen (secondary N) is 1. The number of carbonyl (C=O) groups is 1. The quantitative estimate of drug-likeness (QED) is 0.752. The van der Waals surface area contributed by atoms with Gasteiger partial charge in [0, 0.05) is 12.6 Å². The molecule has 1 amide bonds. The van der Waals surface area contributed by atoms with Gasteiger partial charge in [0.05, 0.1) is 18.3 Å². The van der Waals surface area contributed by atoms with Gasteiger partial charge >= 0.3 is 0 Å². The summed E-state index contributed by atoms with van der Waals surface area (Å²) in [5, 5.41) is 11.4. The van der Waals surface area contributed by atoms with E-state index in [2.05, 4.69) is 33.7 Å². The zero-order valence-corrected chi connectivity index (χ0v) is 16.3. The fraction of sp³-hybridized carbons (Fsp3) is 0.400. The number of benzene rings is 1. The van der Waals surface area contributed by atoms with Crippen molar-refractivity contribution in [3.8, 4) is 5.69 Å². The van der Waals surface area contributed by atoms with Crippen molar-refractivity contribution in [1.29, 1.82) is 0 Å². The standard InChI is InChI=1S/C20H24N6O2/c1-13(2)9-16-11-24(12-18-22-21-14(3)25(16)18)20(28)17-10-19(27)26(23-17)15-7-5-4-6-8-15/h4-8,10,13,16,23H,9,11-12H2,1-3H3/t16-/m0/s1. The molecule has 0 saturated heterocycles. The molecule has 0 fully saturated rings. The Kier molecular flexibility index (Phi) is 4.62. The average Bonchev–Trinajstić information content (AvgIpc) is 3.24. The minimum absolute atomic E-state index is 0.130. The van der Waals surface area contributed by atoms with Crippen LogP contribution in [0.4, 0.5) is 0 Å². The fourth-order valence-corrected chi connectivity index (χ4v) is 3.89. The highest BCUT2D eigenvalue weighted by Gasteiger charge is 2.32. The van der Waals surface area contributed by atoms with Gasteiger partial charge in [-0.25, -0.2) is 4.68 Å². The molecule has 0 bridgehead atoms. The van der Waals surface area contributed by atoms with Crippen LogP contribution < -0.4 is 5.56 Å². The smallest absolute Gasteiger partial charge is 0.272 e. The first kappa shape index (κ1) is 18.2. The molecule has 1 aliphatic heterocycles. The number of nitrogens with zero attached hydrogens (tertiary/aromatic N) is 5. The highest BCUT2D eigenvalue weighted by atomic mass is 16.2. The molecule has 3 aromatic rings. The summed E-state index contributed by atoms with van der Waals surface area (Å²) >= 11 is 0. The summed E-state index contributed by atoms with van der Waals surface area (Å²) in [7, 11) is 0. The maximum absolute atomic E-state index is 13.1. The van der Waals surface area contributed by atoms with Crippen molar-refractivity contribution in [2.24, 2.45) is 5.92 Å². The van der Waals surface area contributed by atoms with Crippen LogP contribution in [0.5, 0.6) is 0 Å². The van der Waals surface area contributed by atoms with Crippen LogP contribution in [0.2, 0.25) is 0 Å². The van der Waals surface area contributed by atoms with Gasteiger partial charge in [0.25, 0.3) is 11.5 Å². The zero-order chi connectivity index (χ0) is 19.8. The highest BCUT2D eigenvalue weighted by molar-refractivity contribution is 5.92. The molecule has 4 rings (SSSR count). The maximum atomic E-state index is 13.1. The number of rotatable bonds is 4. The summed E-state index contributed by atoms with van der Waals surface area (Å²) < 4.78 is 3.52. The number of aromatic amines is 1. The lowest BCUT2D eigenvalue weighted by atomic mass is 10.0. The van der Waals surface area contributed by atoms with E-state index in [4.69, 9.17) is 0 Å². The number of aryl methyl sites for hydroxylation is 1. The number of carbonyl (C=O) groups excluding carboxylic acids is 1. The van der Waals surface area contributed by atoms with E-state index < -0.39 is 0 Å². The number of hydrogen-bond donors (Lipinski definition) is 1. The van der Waals surface area contributed by atoms with Gasteiger partial charge in [-0.1, -0.05) is 32.0 Å². The van der Waals surface area contributed by atoms with Crippen LogP contribution in [0.15, 0.2) is 41.2 Å². The number of amides is 1. The second-order valence-electron chi connectivity index (χ2n) is 7.68. The summed E-state index contributed by atoms with van der Waals surface area (Å²) in [4.78, 5) is 27.3. The lowest BCUT2D eigenvalue weighted by Crippen LogP contribution is -2.42. The van der Waals surface area contributed by atoms with Crippen LogP contribution in [0.25, 0.3) is 5.69 Å². The van der Waals surface area contributed by atoms with Gasteiger partial charge in [-0.2, -0.15) is 0 Å². The van der Waals surface area contributed by atoms with Gasteiger partial charge in [-0.3, -0.25) is 14.7 Å². The lowest BCUT2D eigenvalue weighted by molar-refractivity contribution is 0.0654. The Morgan fingerprint density at radius 3 is 2.71 bits per heavy atom. The molecule has 146 valence electrons. The summed E-state index contributed by atoms with van der Waals surface area (Å²) in [5.41, 5.74) is 0.712. The van der Waals surface area contributed by atoms with Crippen LogP contribution in [0.3, 0.4) is 0 Å². The number of aromatic nitrogens is 5. The van der Waals surface area contributed by atoms with E-state index in [-0.39, 0.29) is 23.2 Å². The molecule has 1 N–H and O–H groups in total. The third-order valence-electron chi connectivity index (χ3n) is 5.06. The van der Waals surface area contributed by atoms with E-state index in [1.54, 1.807) is 4.90 Å². The lowest BCUT2D eigenvalue weighted by Gasteiger charge is -2.34. The summed E-state index contributed by atoms with van der Waals surface area (Å²) in [6.07, 6.45) is 0.928. The third-order valence-corrected chi connectivity index (χ3v) is 5.06. The Hall–Kier alpha value is -3.16. The van der Waals surface area contributed by atoms with Crippen molar-refractivity contribution in [2.45, 2.75) is 39.8 Å². The van der Waals surface area contributed by atoms with Crippen LogP contribution in [0, 0.1) is 12.8 Å². The predicted octanol–water partition coefficient (Wildman–Crippen LogP) is 2.31. The van der Waals surface area contributed by atoms with Crippen molar-refractivity contribution >= 4 is 5.91 Å². The van der Waals surface area contributed by atoms with Crippen molar-refractivity contribution in [3.05, 3.63) is 64.1 Å². The van der Waals surface area contributed by atoms with E-state index in [0.29, 0.717) is 24.7 Å². The van der Waals surface area contributed by atoms with Crippen LogP contribution in [-0.2, 0) is 6.54 Å². The normalized spacial score (nSPS) is 16.4. The van der Waals surface area contributed by atoms with E-state index in [1.165, 1.54) is 10.7 Å². The second-order valence-corrected chi connectivity index (χ2v) is 7.68. The topological polar surface area (TPSA) is 88.8 Å². The molecule has 28 heavy (non-hydrogen) atoms. The average molecular weight is 380 g/mol. The molecule has 1 atom stereocenters. The zero-order valence-electron chi connectivity index (χ0n) is 16.3. The fourth-order valence-electron chi connectivity index (χ4n) is 3.89. The highest BCUT2D eigenvalue weighted by Crippen LogP contribution is 2.27. The summed E-state index contributed by atoms with van der Waals surface area (Å²) in [5.74, 6) is 1.94. The SMILES string of the molecule is Cc1nnc2n1[C@@H](CC(C)C)CN(C(=O)c1cc(=O)n(-c3ccccc3)[nH]1)C2. The van der Waals surface area contributed by atoms with Gasteiger partial charge < -0.3 is 9.47 Å². The largest absolute Gasteiger partial charge is 0.328 e. The first-order valence-electron chi connectivity index (χ1n) is 9.51. The molecule has 0 unspecified atom stereocenters. The number of H-pyrrole nitrogens is 1. The molecule has 1 aromatic carbocycles. The summed E-state index contributed by atoms with van der Waals surface area (Å²) in [6.45, 7) is 7.22. The van der Waals surface area contributed by atoms with Gasteiger partial charge in [0.2, 0.25) is 0 Å². The summed E-state index contributed by atoms with van der Waals surface area (Å²) in [6, 6.07) is 10.7. The number of hydrogen-bond acceptors (Lipinski definition) is 4. The molecule has 1 aliphatic rings. The number of para-hydroxylation sites is 1. The molecule has 0 saturated carbocycles. The van der Waals surface area contributed by atoms with Gasteiger partial charge in [0.1, 0.15) is 11.5 Å². The van der Waals surface area contributed by atoms with Gasteiger partial charge in [-0.05, 0) is 31.4 Å². The van der Waals surface area contributed by atoms with Crippen LogP contribution in [-0.4, -0.2) is 41.9 Å². The van der Waals surface area contributed by atoms with Gasteiger partial charge in [-0.15, -0.1) is 10.2 Å². The Labute approximate surface area is 162 Å². The molecule has 8 nitrogen and oxygen atoms in total. The molecular formula is C20H24N6O2. The Morgan fingerprint density at radius 2 is 2.00 bits per heavy atom. The molecule has 8 heteroatoms. The van der Waals surface area contributed by atoms with Crippen molar-refractivity contribution < 1.29 is 4.79 Å². The predicted molar refractivity (Wildman–Crippen MR) is 104 cm³/mol. The molecular weight excluding hydrogens is 356 g/mol. The van der Waals surface area contributed by atoms with Gasteiger partial charge in [0.15, 0.2) is 5.82 Å². The van der Waals surface area contributed by atoms with E-state index in [9.17, 15) is 9.59 Å². The first-order valence-corrected chi connectivity index (χ1v) is 9.51. The molecule has 3 heterocycles. The molecule has 2 aromatic heterocycles. The van der Waals surface area contributed by atoms with E-state index in [0.717, 1.165) is 18.1 Å². The minimum atomic E-state index is -0.260. The monoisotopic (exact) mass is 380 g/mol. The minimum Gasteiger partial charge on any atom is -0.328 e. The Bertz CT molecular complexity index is 1050. The molecule has 0 radical (unpaired) electrons. The van der Waals surface area contributed by atoms with E-state index in [1.807, 2.05) is 37.3 Å². The van der Waals surface area contributed by atoms with Crippen LogP contribution >= 0.6 is 0 Å². The van der Waals surface area contributed by atoms with Crippen LogP contribution in [0.1, 0.15) is 48.4 Å². The first-order chi connectivity index (χ1) is 13.4.